The lowest BCUT2D eigenvalue weighted by Crippen LogP contribution is -2.46. The summed E-state index contributed by atoms with van der Waals surface area (Å²) in [5.41, 5.74) is 0.923. The summed E-state index contributed by atoms with van der Waals surface area (Å²) >= 11 is 7.08. The Morgan fingerprint density at radius 2 is 1.70 bits per heavy atom. The maximum absolute atomic E-state index is 13.4. The summed E-state index contributed by atoms with van der Waals surface area (Å²) in [6, 6.07) is 18.4. The highest BCUT2D eigenvalue weighted by molar-refractivity contribution is 7.10. The molecule has 27 heavy (non-hydrogen) atoms. The van der Waals surface area contributed by atoms with Crippen molar-refractivity contribution < 1.29 is 9.59 Å². The first kappa shape index (κ1) is 17.6. The van der Waals surface area contributed by atoms with Gasteiger partial charge in [-0.05, 0) is 11.1 Å². The van der Waals surface area contributed by atoms with Crippen LogP contribution in [0.2, 0.25) is 4.34 Å². The van der Waals surface area contributed by atoms with Crippen molar-refractivity contribution in [3.8, 4) is 0 Å². The number of carbonyl (C=O) groups excluding carboxylic acids is 2. The molecular weight excluding hydrogens is 384 g/mol. The van der Waals surface area contributed by atoms with E-state index in [0.717, 1.165) is 27.6 Å². The predicted octanol–water partition coefficient (Wildman–Crippen LogP) is 3.38. The summed E-state index contributed by atoms with van der Waals surface area (Å²) < 4.78 is 4.14. The molecule has 2 heterocycles. The number of amides is 3. The molecule has 0 radical (unpaired) electrons. The van der Waals surface area contributed by atoms with Crippen LogP contribution in [-0.4, -0.2) is 26.4 Å². The molecule has 1 aliphatic rings. The molecule has 1 N–H and O–H groups in total. The number of benzene rings is 2. The lowest BCUT2D eigenvalue weighted by atomic mass is 9.83. The molecule has 0 spiro atoms. The number of urea groups is 1. The van der Waals surface area contributed by atoms with Crippen LogP contribution in [0.4, 0.5) is 4.79 Å². The number of hydrogen-bond acceptors (Lipinski definition) is 5. The van der Waals surface area contributed by atoms with Crippen molar-refractivity contribution in [2.24, 2.45) is 0 Å². The van der Waals surface area contributed by atoms with Crippen molar-refractivity contribution in [3.63, 3.8) is 0 Å². The van der Waals surface area contributed by atoms with Crippen molar-refractivity contribution in [1.29, 1.82) is 0 Å². The molecule has 2 aromatic carbocycles. The van der Waals surface area contributed by atoms with E-state index in [1.54, 1.807) is 0 Å². The highest BCUT2D eigenvalue weighted by Crippen LogP contribution is 2.34. The number of aromatic nitrogens is 2. The van der Waals surface area contributed by atoms with Gasteiger partial charge in [0.05, 0.1) is 6.54 Å². The Kier molecular flexibility index (Phi) is 4.63. The number of nitrogens with zero attached hydrogens (tertiary/aromatic N) is 3. The fraction of sp³-hybridized carbons (Fsp3) is 0.158. The van der Waals surface area contributed by atoms with Crippen LogP contribution in [0, 0.1) is 0 Å². The zero-order valence-corrected chi connectivity index (χ0v) is 15.7. The average Bonchev–Trinajstić information content (AvgIpc) is 3.20. The second-order valence-corrected chi connectivity index (χ2v) is 7.60. The second-order valence-electron chi connectivity index (χ2n) is 6.25. The van der Waals surface area contributed by atoms with Gasteiger partial charge >= 0.3 is 6.03 Å². The van der Waals surface area contributed by atoms with Gasteiger partial charge in [0.1, 0.15) is 10.0 Å². The zero-order valence-electron chi connectivity index (χ0n) is 14.1. The SMILES string of the molecule is O=C1NC(Cc2ccccc2)(c2ccccc2)C(=O)N1Cc1nnsc1Cl. The van der Waals surface area contributed by atoms with E-state index in [9.17, 15) is 9.59 Å². The molecule has 8 heteroatoms. The number of nitrogens with one attached hydrogen (secondary N) is 1. The minimum atomic E-state index is -1.17. The van der Waals surface area contributed by atoms with E-state index in [1.807, 2.05) is 60.7 Å². The van der Waals surface area contributed by atoms with Crippen LogP contribution in [0.5, 0.6) is 0 Å². The third kappa shape index (κ3) is 3.20. The topological polar surface area (TPSA) is 75.2 Å². The first-order chi connectivity index (χ1) is 13.1. The number of halogens is 1. The van der Waals surface area contributed by atoms with Crippen LogP contribution in [0.25, 0.3) is 0 Å². The molecule has 3 amide bonds. The highest BCUT2D eigenvalue weighted by atomic mass is 35.5. The fourth-order valence-corrected chi connectivity index (χ4v) is 3.86. The van der Waals surface area contributed by atoms with Gasteiger partial charge in [0, 0.05) is 18.0 Å². The monoisotopic (exact) mass is 398 g/mol. The molecule has 1 fully saturated rings. The normalized spacial score (nSPS) is 19.4. The summed E-state index contributed by atoms with van der Waals surface area (Å²) in [5.74, 6) is -0.327. The third-order valence-corrected chi connectivity index (χ3v) is 5.56. The standard InChI is InChI=1S/C19H15ClN4O2S/c20-16-15(22-23-27-16)12-24-17(25)19(21-18(24)26,14-9-5-2-6-10-14)11-13-7-3-1-4-8-13/h1-10H,11-12H2,(H,21,26). The van der Waals surface area contributed by atoms with Gasteiger partial charge < -0.3 is 5.32 Å². The smallest absolute Gasteiger partial charge is 0.319 e. The number of rotatable bonds is 5. The minimum Gasteiger partial charge on any atom is -0.319 e. The van der Waals surface area contributed by atoms with E-state index in [-0.39, 0.29) is 12.5 Å². The van der Waals surface area contributed by atoms with Crippen molar-refractivity contribution in [1.82, 2.24) is 19.8 Å². The van der Waals surface area contributed by atoms with Gasteiger partial charge in [-0.1, -0.05) is 76.8 Å². The Hall–Kier alpha value is -2.77. The second kappa shape index (κ2) is 7.09. The summed E-state index contributed by atoms with van der Waals surface area (Å²) in [5, 5.41) is 6.83. The predicted molar refractivity (Wildman–Crippen MR) is 102 cm³/mol. The van der Waals surface area contributed by atoms with Gasteiger partial charge in [0.15, 0.2) is 5.54 Å². The van der Waals surface area contributed by atoms with Crippen LogP contribution in [0.1, 0.15) is 16.8 Å². The van der Waals surface area contributed by atoms with Crippen molar-refractivity contribution in [2.75, 3.05) is 0 Å². The van der Waals surface area contributed by atoms with Crippen molar-refractivity contribution in [2.45, 2.75) is 18.5 Å². The lowest BCUT2D eigenvalue weighted by Gasteiger charge is -2.27. The number of imide groups is 1. The maximum Gasteiger partial charge on any atom is 0.325 e. The van der Waals surface area contributed by atoms with E-state index < -0.39 is 11.6 Å². The molecule has 0 saturated carbocycles. The van der Waals surface area contributed by atoms with E-state index >= 15 is 0 Å². The van der Waals surface area contributed by atoms with Crippen LogP contribution in [0.15, 0.2) is 60.7 Å². The molecule has 0 bridgehead atoms. The number of hydrogen-bond donors (Lipinski definition) is 1. The summed E-state index contributed by atoms with van der Waals surface area (Å²) in [6.45, 7) is -0.0105. The van der Waals surface area contributed by atoms with Crippen molar-refractivity contribution >= 4 is 35.1 Å². The maximum atomic E-state index is 13.4. The molecule has 1 atom stereocenters. The van der Waals surface area contributed by atoms with E-state index in [4.69, 9.17) is 11.6 Å². The molecule has 1 unspecified atom stereocenters. The minimum absolute atomic E-state index is 0.0105. The van der Waals surface area contributed by atoms with E-state index in [0.29, 0.717) is 16.5 Å². The fourth-order valence-electron chi connectivity index (χ4n) is 3.25. The Morgan fingerprint density at radius 3 is 2.33 bits per heavy atom. The Bertz CT molecular complexity index is 980. The zero-order chi connectivity index (χ0) is 18.9. The molecular formula is C19H15ClN4O2S. The number of carbonyl (C=O) groups is 2. The quantitative estimate of drug-likeness (QED) is 0.668. The van der Waals surface area contributed by atoms with Crippen LogP contribution in [0.3, 0.4) is 0 Å². The van der Waals surface area contributed by atoms with Gasteiger partial charge in [-0.25, -0.2) is 4.79 Å². The van der Waals surface area contributed by atoms with Gasteiger partial charge in [-0.3, -0.25) is 9.69 Å². The Morgan fingerprint density at radius 1 is 1.04 bits per heavy atom. The molecule has 1 saturated heterocycles. The summed E-state index contributed by atoms with van der Waals surface area (Å²) in [6.07, 6.45) is 0.349. The van der Waals surface area contributed by atoms with E-state index in [1.165, 1.54) is 0 Å². The molecule has 6 nitrogen and oxygen atoms in total. The van der Waals surface area contributed by atoms with Gasteiger partial charge in [-0.15, -0.1) is 5.10 Å². The van der Waals surface area contributed by atoms with Gasteiger partial charge in [0.2, 0.25) is 0 Å². The van der Waals surface area contributed by atoms with Crippen LogP contribution >= 0.6 is 23.1 Å². The highest BCUT2D eigenvalue weighted by Gasteiger charge is 2.52. The molecule has 136 valence electrons. The first-order valence-electron chi connectivity index (χ1n) is 8.30. The molecule has 1 aliphatic heterocycles. The average molecular weight is 399 g/mol. The van der Waals surface area contributed by atoms with Crippen LogP contribution in [-0.2, 0) is 23.3 Å². The molecule has 0 aliphatic carbocycles. The largest absolute Gasteiger partial charge is 0.325 e. The first-order valence-corrected chi connectivity index (χ1v) is 9.45. The molecule has 4 rings (SSSR count). The molecule has 1 aromatic heterocycles. The summed E-state index contributed by atoms with van der Waals surface area (Å²) in [7, 11) is 0. The van der Waals surface area contributed by atoms with Gasteiger partial charge in [0.25, 0.3) is 5.91 Å². The van der Waals surface area contributed by atoms with Gasteiger partial charge in [-0.2, -0.15) is 0 Å². The third-order valence-electron chi connectivity index (χ3n) is 4.57. The lowest BCUT2D eigenvalue weighted by molar-refractivity contribution is -0.132. The Balaban J connectivity index is 1.74. The van der Waals surface area contributed by atoms with E-state index in [2.05, 4.69) is 14.9 Å². The Labute approximate surface area is 164 Å². The molecule has 3 aromatic rings. The van der Waals surface area contributed by atoms with Crippen LogP contribution < -0.4 is 5.32 Å². The summed E-state index contributed by atoms with van der Waals surface area (Å²) in [4.78, 5) is 27.3. The van der Waals surface area contributed by atoms with Crippen molar-refractivity contribution in [3.05, 3.63) is 81.8 Å².